The third-order valence-corrected chi connectivity index (χ3v) is 3.75. The number of nitrogens with two attached hydrogens (primary N) is 1. The summed E-state index contributed by atoms with van der Waals surface area (Å²) in [6, 6.07) is 7.14. The van der Waals surface area contributed by atoms with E-state index in [-0.39, 0.29) is 17.8 Å². The lowest BCUT2D eigenvalue weighted by Crippen LogP contribution is -2.24. The summed E-state index contributed by atoms with van der Waals surface area (Å²) in [6.07, 6.45) is 0.0115. The molecule has 0 saturated heterocycles. The number of H-pyrrole nitrogens is 1. The number of carbonyl (C=O) groups is 1. The number of rotatable bonds is 3. The second kappa shape index (κ2) is 4.57. The lowest BCUT2D eigenvalue weighted by molar-refractivity contribution is -0.119. The van der Waals surface area contributed by atoms with E-state index in [0.29, 0.717) is 11.1 Å². The molecule has 18 heavy (non-hydrogen) atoms. The number of carbonyl (C=O) groups excluding carboxylic acids is 1. The summed E-state index contributed by atoms with van der Waals surface area (Å²) in [5.74, 6) is -0.241. The molecule has 0 aliphatic rings. The molecule has 0 saturated carbocycles. The van der Waals surface area contributed by atoms with Gasteiger partial charge in [0.05, 0.1) is 6.42 Å². The monoisotopic (exact) mass is 267 g/mol. The Morgan fingerprint density at radius 2 is 2.17 bits per heavy atom. The van der Waals surface area contributed by atoms with Gasteiger partial charge in [-0.15, -0.1) is 0 Å². The van der Waals surface area contributed by atoms with Gasteiger partial charge in [-0.3, -0.25) is 14.9 Å². The molecule has 0 fully saturated rings. The molecule has 0 aliphatic carbocycles. The topological polar surface area (TPSA) is 108 Å². The number of benzene rings is 1. The molecule has 6 nitrogen and oxygen atoms in total. The van der Waals surface area contributed by atoms with Crippen molar-refractivity contribution in [1.29, 1.82) is 0 Å². The van der Waals surface area contributed by atoms with Gasteiger partial charge >= 0.3 is 7.52 Å². The summed E-state index contributed by atoms with van der Waals surface area (Å²) >= 11 is 0. The molecular weight excluding hydrogens is 253 g/mol. The molecule has 1 aromatic carbocycles. The van der Waals surface area contributed by atoms with Crippen LogP contribution in [0.15, 0.2) is 24.3 Å². The minimum Gasteiger partial charge on any atom is -0.359 e. The number of likely N-dealkylation sites (N-methyl/N-ethyl adjacent to an activating group) is 1. The predicted molar refractivity (Wildman–Crippen MR) is 69.7 cm³/mol. The average Bonchev–Trinajstić information content (AvgIpc) is 2.68. The van der Waals surface area contributed by atoms with Crippen molar-refractivity contribution >= 4 is 29.8 Å². The van der Waals surface area contributed by atoms with Gasteiger partial charge in [-0.2, -0.15) is 0 Å². The fourth-order valence-corrected chi connectivity index (χ4v) is 2.75. The van der Waals surface area contributed by atoms with Gasteiger partial charge in [-0.1, -0.05) is 18.2 Å². The average molecular weight is 267 g/mol. The van der Waals surface area contributed by atoms with Gasteiger partial charge in [0.25, 0.3) is 0 Å². The number of amides is 1. The van der Waals surface area contributed by atoms with Crippen molar-refractivity contribution < 1.29 is 14.3 Å². The molecule has 0 radical (unpaired) electrons. The van der Waals surface area contributed by atoms with Crippen LogP contribution in [0.3, 0.4) is 0 Å². The minimum atomic E-state index is -3.93. The Morgan fingerprint density at radius 1 is 1.50 bits per heavy atom. The Hall–Kier alpha value is -1.62. The molecule has 1 aromatic heterocycles. The van der Waals surface area contributed by atoms with Gasteiger partial charge in [0.15, 0.2) is 0 Å². The van der Waals surface area contributed by atoms with Crippen molar-refractivity contribution in [2.24, 2.45) is 5.50 Å². The number of fused-ring (bicyclic) bond motifs is 1. The van der Waals surface area contributed by atoms with E-state index < -0.39 is 7.52 Å². The van der Waals surface area contributed by atoms with Crippen LogP contribution in [0.1, 0.15) is 5.56 Å². The highest BCUT2D eigenvalue weighted by Crippen LogP contribution is 2.33. The summed E-state index contributed by atoms with van der Waals surface area (Å²) in [5, 5.41) is 3.21. The lowest BCUT2D eigenvalue weighted by atomic mass is 10.1. The Kier molecular flexibility index (Phi) is 3.26. The van der Waals surface area contributed by atoms with E-state index in [9.17, 15) is 14.3 Å². The molecule has 5 N–H and O–H groups in total. The Balaban J connectivity index is 2.65. The van der Waals surface area contributed by atoms with Crippen molar-refractivity contribution in [3.8, 4) is 0 Å². The van der Waals surface area contributed by atoms with E-state index in [1.807, 2.05) is 0 Å². The zero-order valence-electron chi connectivity index (χ0n) is 9.80. The number of aromatic amines is 1. The van der Waals surface area contributed by atoms with E-state index in [1.165, 1.54) is 7.05 Å². The third kappa shape index (κ3) is 2.31. The normalized spacial score (nSPS) is 14.4. The Bertz CT molecular complexity index is 644. The molecule has 0 aliphatic heterocycles. The molecule has 96 valence electrons. The van der Waals surface area contributed by atoms with Crippen LogP contribution < -0.4 is 16.3 Å². The standard InChI is InChI=1S/C11H14N3O3P/c1-13-10(15)6-8-7-4-2-3-5-9(7)14-11(8)18(12,16)17/h2-5,14H,6H2,1H3,(H,13,15)(H3,12,16,17). The van der Waals surface area contributed by atoms with Crippen LogP contribution in [0.5, 0.6) is 0 Å². The van der Waals surface area contributed by atoms with Crippen LogP contribution in [0.2, 0.25) is 0 Å². The molecular formula is C11H14N3O3P. The van der Waals surface area contributed by atoms with Crippen LogP contribution >= 0.6 is 7.52 Å². The maximum absolute atomic E-state index is 11.6. The first-order valence-electron chi connectivity index (χ1n) is 5.35. The third-order valence-electron chi connectivity index (χ3n) is 2.73. The lowest BCUT2D eigenvalue weighted by Gasteiger charge is -2.06. The fraction of sp³-hybridized carbons (Fsp3) is 0.182. The highest BCUT2D eigenvalue weighted by Gasteiger charge is 2.25. The van der Waals surface area contributed by atoms with E-state index in [0.717, 1.165) is 5.39 Å². The van der Waals surface area contributed by atoms with Crippen molar-refractivity contribution in [2.75, 3.05) is 7.05 Å². The van der Waals surface area contributed by atoms with Crippen molar-refractivity contribution in [2.45, 2.75) is 6.42 Å². The smallest absolute Gasteiger partial charge is 0.310 e. The summed E-state index contributed by atoms with van der Waals surface area (Å²) in [7, 11) is -2.42. The second-order valence-corrected chi connectivity index (χ2v) is 5.66. The first-order valence-corrected chi connectivity index (χ1v) is 7.08. The molecule has 2 aromatic rings. The SMILES string of the molecule is CNC(=O)Cc1c(P(N)(=O)O)[nH]c2ccccc12. The summed E-state index contributed by atoms with van der Waals surface area (Å²) in [4.78, 5) is 23.8. The van der Waals surface area contributed by atoms with E-state index in [4.69, 9.17) is 5.50 Å². The van der Waals surface area contributed by atoms with E-state index in [2.05, 4.69) is 10.3 Å². The highest BCUT2D eigenvalue weighted by molar-refractivity contribution is 7.63. The van der Waals surface area contributed by atoms with Gasteiger partial charge in [-0.25, -0.2) is 0 Å². The first-order chi connectivity index (χ1) is 8.43. The number of aromatic nitrogens is 1. The van der Waals surface area contributed by atoms with Crippen LogP contribution in [-0.4, -0.2) is 22.8 Å². The van der Waals surface area contributed by atoms with Gasteiger partial charge in [0.2, 0.25) is 5.91 Å². The minimum absolute atomic E-state index is 0.0115. The highest BCUT2D eigenvalue weighted by atomic mass is 31.2. The molecule has 1 amide bonds. The number of hydrogen-bond donors (Lipinski definition) is 4. The molecule has 1 heterocycles. The van der Waals surface area contributed by atoms with Crippen LogP contribution in [0.4, 0.5) is 0 Å². The molecule has 7 heteroatoms. The number of para-hydroxylation sites is 1. The van der Waals surface area contributed by atoms with Crippen molar-refractivity contribution in [1.82, 2.24) is 10.3 Å². The molecule has 0 spiro atoms. The van der Waals surface area contributed by atoms with Crippen LogP contribution in [0.25, 0.3) is 10.9 Å². The zero-order chi connectivity index (χ0) is 13.3. The maximum atomic E-state index is 11.6. The van der Waals surface area contributed by atoms with Gasteiger partial charge in [-0.05, 0) is 6.07 Å². The Labute approximate surface area is 104 Å². The summed E-state index contributed by atoms with van der Waals surface area (Å²) in [6.45, 7) is 0. The zero-order valence-corrected chi connectivity index (χ0v) is 10.7. The molecule has 2 rings (SSSR count). The molecule has 1 unspecified atom stereocenters. The van der Waals surface area contributed by atoms with Gasteiger partial charge in [0, 0.05) is 23.5 Å². The number of nitrogens with one attached hydrogen (secondary N) is 2. The van der Waals surface area contributed by atoms with E-state index >= 15 is 0 Å². The van der Waals surface area contributed by atoms with Crippen LogP contribution in [0, 0.1) is 0 Å². The summed E-state index contributed by atoms with van der Waals surface area (Å²) in [5.41, 5.74) is 6.48. The van der Waals surface area contributed by atoms with Crippen LogP contribution in [-0.2, 0) is 15.8 Å². The molecule has 1 atom stereocenters. The summed E-state index contributed by atoms with van der Waals surface area (Å²) < 4.78 is 11.6. The van der Waals surface area contributed by atoms with E-state index in [1.54, 1.807) is 24.3 Å². The quantitative estimate of drug-likeness (QED) is 0.597. The van der Waals surface area contributed by atoms with Gasteiger partial charge in [0.1, 0.15) is 5.44 Å². The maximum Gasteiger partial charge on any atom is 0.310 e. The molecule has 0 bridgehead atoms. The van der Waals surface area contributed by atoms with Crippen molar-refractivity contribution in [3.05, 3.63) is 29.8 Å². The largest absolute Gasteiger partial charge is 0.359 e. The van der Waals surface area contributed by atoms with Crippen molar-refractivity contribution in [3.63, 3.8) is 0 Å². The first kappa shape index (κ1) is 12.8. The Morgan fingerprint density at radius 3 is 2.78 bits per heavy atom. The predicted octanol–water partition coefficient (Wildman–Crippen LogP) is 0.226. The van der Waals surface area contributed by atoms with Gasteiger partial charge < -0.3 is 15.2 Å². The fourth-order valence-electron chi connectivity index (χ4n) is 1.89. The number of hydrogen-bond acceptors (Lipinski definition) is 2. The second-order valence-electron chi connectivity index (χ2n) is 3.97.